The zero-order valence-electron chi connectivity index (χ0n) is 40.9. The van der Waals surface area contributed by atoms with Crippen molar-refractivity contribution in [3.8, 4) is 23.0 Å². The number of nitrogens with one attached hydrogen (secondary N) is 2. The highest BCUT2D eigenvalue weighted by atomic mass is 16.6. The summed E-state index contributed by atoms with van der Waals surface area (Å²) in [6.07, 6.45) is 5.42. The van der Waals surface area contributed by atoms with Gasteiger partial charge in [-0.25, -0.2) is 9.59 Å². The molecular formula is C54H56N8O10. The van der Waals surface area contributed by atoms with E-state index < -0.39 is 24.4 Å². The van der Waals surface area contributed by atoms with Crippen molar-refractivity contribution in [3.63, 3.8) is 0 Å². The number of carbonyl (C=O) groups excluding carboxylic acids is 4. The maximum Gasteiger partial charge on any atom is 0.431 e. The fourth-order valence-corrected chi connectivity index (χ4v) is 7.53. The fourth-order valence-electron chi connectivity index (χ4n) is 7.53. The largest absolute Gasteiger partial charge is 0.493 e. The second-order valence-electron chi connectivity index (χ2n) is 16.0. The van der Waals surface area contributed by atoms with Crippen LogP contribution in [-0.4, -0.2) is 95.1 Å². The number of pyridine rings is 2. The van der Waals surface area contributed by atoms with Gasteiger partial charge in [0.25, 0.3) is 11.8 Å². The molecule has 2 aliphatic rings. The first-order valence-corrected chi connectivity index (χ1v) is 23.4. The van der Waals surface area contributed by atoms with Crippen molar-refractivity contribution in [3.05, 3.63) is 167 Å². The lowest BCUT2D eigenvalue weighted by Gasteiger charge is -2.29. The van der Waals surface area contributed by atoms with E-state index in [1.54, 1.807) is 75.1 Å². The van der Waals surface area contributed by atoms with Crippen LogP contribution in [0.15, 0.2) is 144 Å². The van der Waals surface area contributed by atoms with Gasteiger partial charge in [0.1, 0.15) is 23.6 Å². The van der Waals surface area contributed by atoms with E-state index in [1.807, 2.05) is 88.4 Å². The van der Waals surface area contributed by atoms with Gasteiger partial charge in [-0.15, -0.1) is 0 Å². The molecule has 2 unspecified atom stereocenters. The Hall–Kier alpha value is -8.80. The van der Waals surface area contributed by atoms with E-state index in [-0.39, 0.29) is 24.9 Å². The maximum atomic E-state index is 12.7. The molecule has 4 amide bonds. The SMILES string of the molecule is CCOc1cc(C2=NN(Cc3ccc(NC(=O)c4cccnc4)cc3)C(=O)OC2CC)ccc1OC.CCOc1ccc(C2=NN(Cc3ccc(NC(=O)c4cccnc4)cc3)C(=O)OC2CC)cc1OC. The molecule has 372 valence electrons. The van der Waals surface area contributed by atoms with Gasteiger partial charge in [0.2, 0.25) is 0 Å². The minimum absolute atomic E-state index is 0.212. The van der Waals surface area contributed by atoms with Crippen molar-refractivity contribution < 1.29 is 47.6 Å². The molecule has 18 heteroatoms. The Labute approximate surface area is 417 Å². The van der Waals surface area contributed by atoms with Crippen LogP contribution in [0, 0.1) is 0 Å². The highest BCUT2D eigenvalue weighted by Crippen LogP contribution is 2.32. The van der Waals surface area contributed by atoms with Crippen LogP contribution in [0.3, 0.4) is 0 Å². The van der Waals surface area contributed by atoms with Gasteiger partial charge in [0, 0.05) is 47.3 Å². The van der Waals surface area contributed by atoms with Crippen LogP contribution in [0.2, 0.25) is 0 Å². The Bertz CT molecular complexity index is 2880. The molecule has 2 N–H and O–H groups in total. The number of hydrogen-bond donors (Lipinski definition) is 2. The molecule has 0 fully saturated rings. The highest BCUT2D eigenvalue weighted by Gasteiger charge is 2.33. The molecule has 18 nitrogen and oxygen atoms in total. The quantitative estimate of drug-likeness (QED) is 0.0826. The van der Waals surface area contributed by atoms with Crippen molar-refractivity contribution in [1.29, 1.82) is 0 Å². The normalized spacial score (nSPS) is 15.1. The highest BCUT2D eigenvalue weighted by molar-refractivity contribution is 6.07. The summed E-state index contributed by atoms with van der Waals surface area (Å²) >= 11 is 0. The molecule has 2 atom stereocenters. The average molecular weight is 977 g/mol. The van der Waals surface area contributed by atoms with Crippen LogP contribution in [0.1, 0.15) is 83.5 Å². The van der Waals surface area contributed by atoms with Crippen molar-refractivity contribution in [2.45, 2.75) is 65.8 Å². The number of rotatable bonds is 18. The predicted octanol–water partition coefficient (Wildman–Crippen LogP) is 9.75. The monoisotopic (exact) mass is 976 g/mol. The van der Waals surface area contributed by atoms with Crippen molar-refractivity contribution >= 4 is 46.8 Å². The van der Waals surface area contributed by atoms with Gasteiger partial charge in [0.05, 0.1) is 51.6 Å². The molecule has 0 aliphatic carbocycles. The van der Waals surface area contributed by atoms with E-state index in [0.29, 0.717) is 83.0 Å². The number of benzene rings is 4. The summed E-state index contributed by atoms with van der Waals surface area (Å²) in [5.41, 5.74) is 6.70. The molecule has 2 aliphatic heterocycles. The van der Waals surface area contributed by atoms with Crippen molar-refractivity contribution in [1.82, 2.24) is 20.0 Å². The number of nitrogens with zero attached hydrogens (tertiary/aromatic N) is 6. The van der Waals surface area contributed by atoms with Gasteiger partial charge in [0.15, 0.2) is 23.0 Å². The number of carbonyl (C=O) groups is 4. The van der Waals surface area contributed by atoms with Crippen LogP contribution in [0.5, 0.6) is 23.0 Å². The standard InChI is InChI=1S/2C27H28N4O5/c1-4-22-25(19-10-13-23(35-5-2)24(15-19)34-3)30-31(27(33)36-22)17-18-8-11-21(12-9-18)29-26(32)20-7-6-14-28-16-20;1-4-22-25(19-10-13-23(34-3)24(15-19)35-5-2)30-31(27(33)36-22)17-18-8-11-21(12-9-18)29-26(32)20-7-6-14-28-16-20/h2*6-16,22H,4-5,17H2,1-3H3,(H,29,32). The van der Waals surface area contributed by atoms with E-state index >= 15 is 0 Å². The first kappa shape index (κ1) is 51.1. The van der Waals surface area contributed by atoms with Gasteiger partial charge in [-0.05, 0) is 123 Å². The molecule has 8 rings (SSSR count). The second kappa shape index (κ2) is 24.7. The smallest absolute Gasteiger partial charge is 0.431 e. The van der Waals surface area contributed by atoms with E-state index in [0.717, 1.165) is 22.3 Å². The Morgan fingerprint density at radius 2 is 0.986 bits per heavy atom. The summed E-state index contributed by atoms with van der Waals surface area (Å²) < 4.78 is 33.5. The number of aromatic nitrogens is 2. The van der Waals surface area contributed by atoms with Crippen LogP contribution < -0.4 is 29.6 Å². The number of hydrazone groups is 2. The molecule has 0 saturated heterocycles. The maximum absolute atomic E-state index is 12.7. The Kier molecular flexibility index (Phi) is 17.5. The molecule has 2 aromatic heterocycles. The molecule has 0 spiro atoms. The summed E-state index contributed by atoms with van der Waals surface area (Å²) in [5.74, 6) is 1.94. The molecule has 4 aromatic carbocycles. The molecule has 0 bridgehead atoms. The fraction of sp³-hybridized carbons (Fsp3) is 0.259. The summed E-state index contributed by atoms with van der Waals surface area (Å²) in [7, 11) is 3.17. The third kappa shape index (κ3) is 12.9. The number of ether oxygens (including phenoxy) is 6. The molecule has 4 heterocycles. The van der Waals surface area contributed by atoms with E-state index in [9.17, 15) is 19.2 Å². The summed E-state index contributed by atoms with van der Waals surface area (Å²) in [5, 5.41) is 17.6. The Morgan fingerprint density at radius 3 is 1.39 bits per heavy atom. The lowest BCUT2D eigenvalue weighted by molar-refractivity contribution is 0.0706. The summed E-state index contributed by atoms with van der Waals surface area (Å²) in [4.78, 5) is 57.9. The number of anilines is 2. The van der Waals surface area contributed by atoms with E-state index in [4.69, 9.17) is 28.4 Å². The van der Waals surface area contributed by atoms with Gasteiger partial charge >= 0.3 is 12.2 Å². The predicted molar refractivity (Wildman–Crippen MR) is 271 cm³/mol. The molecular weight excluding hydrogens is 921 g/mol. The number of cyclic esters (lactones) is 2. The van der Waals surface area contributed by atoms with Gasteiger partial charge in [-0.1, -0.05) is 38.1 Å². The van der Waals surface area contributed by atoms with Gasteiger partial charge in [-0.3, -0.25) is 19.6 Å². The van der Waals surface area contributed by atoms with Crippen LogP contribution >= 0.6 is 0 Å². The Morgan fingerprint density at radius 1 is 0.556 bits per heavy atom. The lowest BCUT2D eigenvalue weighted by atomic mass is 10.0. The number of hydrogen-bond acceptors (Lipinski definition) is 14. The first-order chi connectivity index (χ1) is 35.0. The van der Waals surface area contributed by atoms with Crippen molar-refractivity contribution in [2.75, 3.05) is 38.1 Å². The zero-order chi connectivity index (χ0) is 51.0. The minimum Gasteiger partial charge on any atom is -0.493 e. The van der Waals surface area contributed by atoms with Gasteiger partial charge < -0.3 is 39.1 Å². The van der Waals surface area contributed by atoms with E-state index in [1.165, 1.54) is 22.4 Å². The number of methoxy groups -OCH3 is 2. The third-order valence-corrected chi connectivity index (χ3v) is 11.2. The third-order valence-electron chi connectivity index (χ3n) is 11.2. The van der Waals surface area contributed by atoms with Crippen LogP contribution in [0.4, 0.5) is 21.0 Å². The van der Waals surface area contributed by atoms with Crippen LogP contribution in [-0.2, 0) is 22.6 Å². The summed E-state index contributed by atoms with van der Waals surface area (Å²) in [6.45, 7) is 9.12. The Balaban J connectivity index is 0.000000211. The molecule has 72 heavy (non-hydrogen) atoms. The first-order valence-electron chi connectivity index (χ1n) is 23.4. The molecule has 0 radical (unpaired) electrons. The summed E-state index contributed by atoms with van der Waals surface area (Å²) in [6, 6.07) is 32.3. The zero-order valence-corrected chi connectivity index (χ0v) is 40.9. The number of amides is 4. The van der Waals surface area contributed by atoms with Gasteiger partial charge in [-0.2, -0.15) is 20.2 Å². The molecule has 0 saturated carbocycles. The van der Waals surface area contributed by atoms with Crippen LogP contribution in [0.25, 0.3) is 0 Å². The topological polar surface area (TPSA) is 205 Å². The average Bonchev–Trinajstić information content (AvgIpc) is 3.41. The van der Waals surface area contributed by atoms with Crippen molar-refractivity contribution in [2.24, 2.45) is 10.2 Å². The second-order valence-corrected chi connectivity index (χ2v) is 16.0. The minimum atomic E-state index is -0.516. The lowest BCUT2D eigenvalue weighted by Crippen LogP contribution is -2.41. The molecule has 6 aromatic rings. The van der Waals surface area contributed by atoms with E-state index in [2.05, 4.69) is 30.8 Å².